The van der Waals surface area contributed by atoms with Crippen LogP contribution in [-0.2, 0) is 9.53 Å². The van der Waals surface area contributed by atoms with Crippen LogP contribution in [0.2, 0.25) is 0 Å². The number of Topliss-reactive ketones (excluding diaryl/α,β-unsaturated/α-hetero) is 1. The normalized spacial score (nSPS) is 19.6. The van der Waals surface area contributed by atoms with E-state index in [1.54, 1.807) is 6.07 Å². The van der Waals surface area contributed by atoms with Crippen molar-refractivity contribution >= 4 is 5.78 Å². The van der Waals surface area contributed by atoms with Crippen LogP contribution in [0.25, 0.3) is 0 Å². The molecule has 0 unspecified atom stereocenters. The highest BCUT2D eigenvalue weighted by Gasteiger charge is 2.39. The van der Waals surface area contributed by atoms with Crippen molar-refractivity contribution in [2.24, 2.45) is 5.73 Å². The second-order valence-electron chi connectivity index (χ2n) is 6.10. The van der Waals surface area contributed by atoms with Gasteiger partial charge in [-0.3, -0.25) is 4.79 Å². The number of hydrogen-bond acceptors (Lipinski definition) is 6. The van der Waals surface area contributed by atoms with Gasteiger partial charge in [-0.05, 0) is 38.5 Å². The van der Waals surface area contributed by atoms with Gasteiger partial charge in [0.05, 0.1) is 19.1 Å². The van der Waals surface area contributed by atoms with Crippen molar-refractivity contribution in [3.8, 4) is 17.6 Å². The molecule has 0 aromatic heterocycles. The van der Waals surface area contributed by atoms with E-state index in [-0.39, 0.29) is 17.2 Å². The molecule has 1 aromatic carbocycles. The van der Waals surface area contributed by atoms with Gasteiger partial charge in [0.2, 0.25) is 5.88 Å². The lowest BCUT2D eigenvalue weighted by molar-refractivity contribution is -0.116. The third-order valence-corrected chi connectivity index (χ3v) is 4.51. The minimum absolute atomic E-state index is 0.0132. The van der Waals surface area contributed by atoms with E-state index in [0.717, 1.165) is 6.42 Å². The Morgan fingerprint density at radius 2 is 2.04 bits per heavy atom. The van der Waals surface area contributed by atoms with Crippen LogP contribution in [0.4, 0.5) is 0 Å². The summed E-state index contributed by atoms with van der Waals surface area (Å²) in [5.74, 6) is 1.26. The number of allylic oxidation sites excluding steroid dienone is 3. The quantitative estimate of drug-likeness (QED) is 0.872. The Kier molecular flexibility index (Phi) is 5.17. The minimum Gasteiger partial charge on any atom is -0.494 e. The molecule has 0 amide bonds. The first-order chi connectivity index (χ1) is 12.6. The summed E-state index contributed by atoms with van der Waals surface area (Å²) in [4.78, 5) is 12.7. The average Bonchev–Trinajstić information content (AvgIpc) is 2.62. The van der Waals surface area contributed by atoms with Gasteiger partial charge < -0.3 is 19.9 Å². The topological polar surface area (TPSA) is 94.6 Å². The van der Waals surface area contributed by atoms with Crippen molar-refractivity contribution in [2.45, 2.75) is 39.0 Å². The highest BCUT2D eigenvalue weighted by Crippen LogP contribution is 2.46. The van der Waals surface area contributed by atoms with Crippen LogP contribution >= 0.6 is 0 Å². The Bertz CT molecular complexity index is 833. The second-order valence-corrected chi connectivity index (χ2v) is 6.10. The first-order valence-electron chi connectivity index (χ1n) is 8.84. The van der Waals surface area contributed by atoms with Crippen LogP contribution in [-0.4, -0.2) is 19.0 Å². The number of nitriles is 1. The van der Waals surface area contributed by atoms with Gasteiger partial charge in [0.15, 0.2) is 5.78 Å². The fourth-order valence-corrected chi connectivity index (χ4v) is 3.46. The van der Waals surface area contributed by atoms with E-state index in [0.29, 0.717) is 54.5 Å². The lowest BCUT2D eigenvalue weighted by Crippen LogP contribution is -2.27. The maximum absolute atomic E-state index is 12.7. The minimum atomic E-state index is -0.599. The zero-order valence-corrected chi connectivity index (χ0v) is 15.0. The zero-order chi connectivity index (χ0) is 18.7. The molecule has 0 fully saturated rings. The summed E-state index contributed by atoms with van der Waals surface area (Å²) >= 11 is 0. The highest BCUT2D eigenvalue weighted by atomic mass is 16.5. The number of rotatable bonds is 5. The zero-order valence-electron chi connectivity index (χ0n) is 15.0. The number of carbonyl (C=O) groups is 1. The molecule has 26 heavy (non-hydrogen) atoms. The Balaban J connectivity index is 2.21. The highest BCUT2D eigenvalue weighted by molar-refractivity contribution is 5.99. The Hall–Kier alpha value is -2.94. The van der Waals surface area contributed by atoms with Gasteiger partial charge in [0.1, 0.15) is 28.9 Å². The molecule has 3 rings (SSSR count). The molecule has 1 aromatic rings. The van der Waals surface area contributed by atoms with Gasteiger partial charge in [0, 0.05) is 24.0 Å². The SMILES string of the molecule is CCOc1ccc(OCC)c([C@H]2C(C#N)=C(N)OC3=C2C(=O)CCC3)c1. The molecule has 1 heterocycles. The number of nitrogens with two attached hydrogens (primary N) is 1. The summed E-state index contributed by atoms with van der Waals surface area (Å²) < 4.78 is 17.0. The summed E-state index contributed by atoms with van der Waals surface area (Å²) in [5, 5.41) is 9.69. The third-order valence-electron chi connectivity index (χ3n) is 4.51. The number of carbonyl (C=O) groups excluding carboxylic acids is 1. The third kappa shape index (κ3) is 3.13. The molecule has 0 spiro atoms. The molecule has 6 nitrogen and oxygen atoms in total. The van der Waals surface area contributed by atoms with Crippen molar-refractivity contribution in [3.63, 3.8) is 0 Å². The van der Waals surface area contributed by atoms with Crippen LogP contribution in [0.5, 0.6) is 11.5 Å². The average molecular weight is 354 g/mol. The monoisotopic (exact) mass is 354 g/mol. The van der Waals surface area contributed by atoms with E-state index >= 15 is 0 Å². The number of ether oxygens (including phenoxy) is 3. The molecular weight excluding hydrogens is 332 g/mol. The van der Waals surface area contributed by atoms with E-state index < -0.39 is 5.92 Å². The van der Waals surface area contributed by atoms with Crippen molar-refractivity contribution in [1.29, 1.82) is 5.26 Å². The molecular formula is C20H22N2O4. The predicted octanol–water partition coefficient (Wildman–Crippen LogP) is 3.30. The molecule has 0 saturated carbocycles. The van der Waals surface area contributed by atoms with Gasteiger partial charge in [0.25, 0.3) is 0 Å². The summed E-state index contributed by atoms with van der Waals surface area (Å²) in [7, 11) is 0. The Labute approximate surface area is 152 Å². The summed E-state index contributed by atoms with van der Waals surface area (Å²) in [6.45, 7) is 4.76. The lowest BCUT2D eigenvalue weighted by Gasteiger charge is -2.31. The molecule has 0 bridgehead atoms. The maximum Gasteiger partial charge on any atom is 0.205 e. The number of nitrogens with zero attached hydrogens (tertiary/aromatic N) is 1. The molecule has 1 atom stereocenters. The van der Waals surface area contributed by atoms with Crippen molar-refractivity contribution in [3.05, 3.63) is 46.6 Å². The van der Waals surface area contributed by atoms with Crippen molar-refractivity contribution in [1.82, 2.24) is 0 Å². The van der Waals surface area contributed by atoms with E-state index in [2.05, 4.69) is 6.07 Å². The molecule has 1 aliphatic heterocycles. The molecule has 0 radical (unpaired) electrons. The molecule has 2 N–H and O–H groups in total. The number of hydrogen-bond donors (Lipinski definition) is 1. The summed E-state index contributed by atoms with van der Waals surface area (Å²) in [5.41, 5.74) is 7.45. The molecule has 2 aliphatic rings. The van der Waals surface area contributed by atoms with E-state index in [9.17, 15) is 10.1 Å². The van der Waals surface area contributed by atoms with Crippen LogP contribution in [0.3, 0.4) is 0 Å². The molecule has 6 heteroatoms. The van der Waals surface area contributed by atoms with Crippen LogP contribution < -0.4 is 15.2 Å². The van der Waals surface area contributed by atoms with E-state index in [1.165, 1.54) is 0 Å². The first kappa shape index (κ1) is 17.9. The van der Waals surface area contributed by atoms with Gasteiger partial charge in [-0.25, -0.2) is 0 Å². The largest absolute Gasteiger partial charge is 0.494 e. The predicted molar refractivity (Wildman–Crippen MR) is 95.3 cm³/mol. The smallest absolute Gasteiger partial charge is 0.205 e. The van der Waals surface area contributed by atoms with Gasteiger partial charge in [-0.2, -0.15) is 5.26 Å². The summed E-state index contributed by atoms with van der Waals surface area (Å²) in [6, 6.07) is 7.56. The van der Waals surface area contributed by atoms with Crippen LogP contribution in [0, 0.1) is 11.3 Å². The standard InChI is InChI=1S/C20H22N2O4/c1-3-24-12-8-9-16(25-4-2)13(10-12)18-14(11-21)20(22)26-17-7-5-6-15(23)19(17)18/h8-10,18H,3-7,22H2,1-2H3/t18-/m0/s1. The molecule has 136 valence electrons. The van der Waals surface area contributed by atoms with Gasteiger partial charge in [-0.15, -0.1) is 0 Å². The van der Waals surface area contributed by atoms with Crippen molar-refractivity contribution < 1.29 is 19.0 Å². The van der Waals surface area contributed by atoms with Gasteiger partial charge >= 0.3 is 0 Å². The fourth-order valence-electron chi connectivity index (χ4n) is 3.46. The van der Waals surface area contributed by atoms with Crippen LogP contribution in [0.1, 0.15) is 44.6 Å². The summed E-state index contributed by atoms with van der Waals surface area (Å²) in [6.07, 6.45) is 1.79. The second kappa shape index (κ2) is 7.52. The maximum atomic E-state index is 12.7. The van der Waals surface area contributed by atoms with E-state index in [4.69, 9.17) is 19.9 Å². The Morgan fingerprint density at radius 3 is 2.73 bits per heavy atom. The Morgan fingerprint density at radius 1 is 1.27 bits per heavy atom. The molecule has 0 saturated heterocycles. The number of ketones is 1. The lowest BCUT2D eigenvalue weighted by atomic mass is 9.77. The van der Waals surface area contributed by atoms with Gasteiger partial charge in [-0.1, -0.05) is 0 Å². The first-order valence-corrected chi connectivity index (χ1v) is 8.84. The molecule has 1 aliphatic carbocycles. The number of benzene rings is 1. The van der Waals surface area contributed by atoms with Crippen LogP contribution in [0.15, 0.2) is 41.0 Å². The fraction of sp³-hybridized carbons (Fsp3) is 0.400. The van der Waals surface area contributed by atoms with Crippen molar-refractivity contribution in [2.75, 3.05) is 13.2 Å². The van der Waals surface area contributed by atoms with E-state index in [1.807, 2.05) is 26.0 Å².